The van der Waals surface area contributed by atoms with Gasteiger partial charge in [-0.25, -0.2) is 9.88 Å². The van der Waals surface area contributed by atoms with E-state index in [2.05, 4.69) is 14.9 Å². The van der Waals surface area contributed by atoms with Crippen LogP contribution in [0, 0.1) is 0 Å². The van der Waals surface area contributed by atoms with Gasteiger partial charge < -0.3 is 4.98 Å². The molecule has 136 valence electrons. The summed E-state index contributed by atoms with van der Waals surface area (Å²) >= 11 is 0. The number of nitrogens with zero attached hydrogens (tertiary/aromatic N) is 3. The number of H-pyrrole nitrogens is 1. The number of piperidine rings is 1. The van der Waals surface area contributed by atoms with Crippen molar-refractivity contribution in [2.45, 2.75) is 25.8 Å². The van der Waals surface area contributed by atoms with E-state index in [9.17, 15) is 9.59 Å². The van der Waals surface area contributed by atoms with Gasteiger partial charge in [0.1, 0.15) is 5.82 Å². The maximum atomic E-state index is 12.7. The van der Waals surface area contributed by atoms with Crippen molar-refractivity contribution < 1.29 is 9.59 Å². The minimum atomic E-state index is -0.275. The summed E-state index contributed by atoms with van der Waals surface area (Å²) < 4.78 is 0. The molecule has 2 amide bonds. The standard InChI is InChI=1S/C21H20N4O2/c26-20-15-6-2-3-7-16(15)21(27)25(20)14-8-9-17-18(12-14)23-19(22-17)13-24-10-4-1-5-11-24/h2-3,6-9,12H,1,4-5,10-11,13H2,(H,22,23). The molecule has 0 aliphatic carbocycles. The molecule has 1 fully saturated rings. The number of likely N-dealkylation sites (tertiary alicyclic amines) is 1. The Morgan fingerprint density at radius 1 is 0.926 bits per heavy atom. The SMILES string of the molecule is O=C1c2ccccc2C(=O)N1c1ccc2nc(CN3CCCCC3)[nH]c2c1. The van der Waals surface area contributed by atoms with Crippen molar-refractivity contribution in [3.63, 3.8) is 0 Å². The molecule has 2 aliphatic heterocycles. The fourth-order valence-electron chi connectivity index (χ4n) is 4.02. The predicted molar refractivity (Wildman–Crippen MR) is 103 cm³/mol. The summed E-state index contributed by atoms with van der Waals surface area (Å²) in [5.74, 6) is 0.373. The van der Waals surface area contributed by atoms with E-state index in [1.54, 1.807) is 30.3 Å². The second-order valence-corrected chi connectivity index (χ2v) is 7.21. The third-order valence-electron chi connectivity index (χ3n) is 5.39. The van der Waals surface area contributed by atoms with Gasteiger partial charge in [-0.1, -0.05) is 18.6 Å². The Morgan fingerprint density at radius 2 is 1.63 bits per heavy atom. The Morgan fingerprint density at radius 3 is 2.33 bits per heavy atom. The van der Waals surface area contributed by atoms with Crippen molar-refractivity contribution in [2.75, 3.05) is 18.0 Å². The average molecular weight is 360 g/mol. The highest BCUT2D eigenvalue weighted by molar-refractivity contribution is 6.34. The number of nitrogens with one attached hydrogen (secondary N) is 1. The molecule has 27 heavy (non-hydrogen) atoms. The van der Waals surface area contributed by atoms with Crippen LogP contribution in [0.25, 0.3) is 11.0 Å². The summed E-state index contributed by atoms with van der Waals surface area (Å²) in [6.07, 6.45) is 3.79. The zero-order valence-electron chi connectivity index (χ0n) is 14.9. The van der Waals surface area contributed by atoms with Gasteiger partial charge >= 0.3 is 0 Å². The number of benzene rings is 2. The Hall–Kier alpha value is -2.99. The van der Waals surface area contributed by atoms with Crippen molar-refractivity contribution in [3.8, 4) is 0 Å². The van der Waals surface area contributed by atoms with Crippen molar-refractivity contribution in [1.29, 1.82) is 0 Å². The number of hydrogen-bond donors (Lipinski definition) is 1. The first-order valence-electron chi connectivity index (χ1n) is 9.39. The number of imidazole rings is 1. The number of imide groups is 1. The quantitative estimate of drug-likeness (QED) is 0.727. The number of carbonyl (C=O) groups is 2. The van der Waals surface area contributed by atoms with Crippen LogP contribution in [0.15, 0.2) is 42.5 Å². The lowest BCUT2D eigenvalue weighted by atomic mass is 10.1. The third-order valence-corrected chi connectivity index (χ3v) is 5.39. The summed E-state index contributed by atoms with van der Waals surface area (Å²) in [7, 11) is 0. The topological polar surface area (TPSA) is 69.3 Å². The van der Waals surface area contributed by atoms with Gasteiger partial charge in [0.25, 0.3) is 11.8 Å². The number of fused-ring (bicyclic) bond motifs is 2. The van der Waals surface area contributed by atoms with Crippen LogP contribution in [0.5, 0.6) is 0 Å². The highest BCUT2D eigenvalue weighted by Gasteiger charge is 2.36. The van der Waals surface area contributed by atoms with Crippen LogP contribution in [0.2, 0.25) is 0 Å². The van der Waals surface area contributed by atoms with E-state index in [0.717, 1.165) is 36.5 Å². The van der Waals surface area contributed by atoms with Crippen LogP contribution >= 0.6 is 0 Å². The molecule has 1 N–H and O–H groups in total. The monoisotopic (exact) mass is 360 g/mol. The Balaban J connectivity index is 1.45. The zero-order valence-corrected chi connectivity index (χ0v) is 14.9. The maximum absolute atomic E-state index is 12.7. The van der Waals surface area contributed by atoms with Crippen LogP contribution in [-0.4, -0.2) is 39.8 Å². The van der Waals surface area contributed by atoms with Crippen molar-refractivity contribution >= 4 is 28.5 Å². The lowest BCUT2D eigenvalue weighted by molar-refractivity contribution is 0.0926. The highest BCUT2D eigenvalue weighted by atomic mass is 16.2. The number of hydrogen-bond acceptors (Lipinski definition) is 4. The van der Waals surface area contributed by atoms with Gasteiger partial charge in [-0.3, -0.25) is 14.5 Å². The molecule has 6 heteroatoms. The number of rotatable bonds is 3. The van der Waals surface area contributed by atoms with E-state index in [1.165, 1.54) is 24.2 Å². The molecule has 0 saturated carbocycles. The molecule has 3 heterocycles. The van der Waals surface area contributed by atoms with E-state index >= 15 is 0 Å². The molecular formula is C21H20N4O2. The lowest BCUT2D eigenvalue weighted by Crippen LogP contribution is -2.29. The first kappa shape index (κ1) is 16.2. The second kappa shape index (κ2) is 6.32. The summed E-state index contributed by atoms with van der Waals surface area (Å²) in [5.41, 5.74) is 3.18. The van der Waals surface area contributed by atoms with Gasteiger partial charge in [0.2, 0.25) is 0 Å². The van der Waals surface area contributed by atoms with Gasteiger partial charge in [-0.15, -0.1) is 0 Å². The van der Waals surface area contributed by atoms with E-state index in [0.29, 0.717) is 16.8 Å². The summed E-state index contributed by atoms with van der Waals surface area (Å²) in [6, 6.07) is 12.4. The van der Waals surface area contributed by atoms with E-state index in [4.69, 9.17) is 0 Å². The van der Waals surface area contributed by atoms with E-state index in [1.807, 2.05) is 12.1 Å². The molecule has 0 spiro atoms. The lowest BCUT2D eigenvalue weighted by Gasteiger charge is -2.25. The fraction of sp³-hybridized carbons (Fsp3) is 0.286. The van der Waals surface area contributed by atoms with Crippen LogP contribution < -0.4 is 4.90 Å². The van der Waals surface area contributed by atoms with E-state index < -0.39 is 0 Å². The molecule has 2 aliphatic rings. The molecule has 0 radical (unpaired) electrons. The van der Waals surface area contributed by atoms with Gasteiger partial charge in [-0.2, -0.15) is 0 Å². The Labute approximate surface area is 156 Å². The van der Waals surface area contributed by atoms with Gasteiger partial charge in [0.15, 0.2) is 0 Å². The Kier molecular flexibility index (Phi) is 3.79. The predicted octanol–water partition coefficient (Wildman–Crippen LogP) is 3.35. The normalized spacial score (nSPS) is 17.7. The van der Waals surface area contributed by atoms with Gasteiger partial charge in [-0.05, 0) is 56.3 Å². The maximum Gasteiger partial charge on any atom is 0.266 e. The first-order valence-corrected chi connectivity index (χ1v) is 9.39. The molecule has 2 aromatic carbocycles. The summed E-state index contributed by atoms with van der Waals surface area (Å²) in [6.45, 7) is 3.02. The molecule has 0 bridgehead atoms. The fourth-order valence-corrected chi connectivity index (χ4v) is 4.02. The first-order chi connectivity index (χ1) is 13.2. The molecule has 1 saturated heterocycles. The van der Waals surface area contributed by atoms with Gasteiger partial charge in [0, 0.05) is 0 Å². The van der Waals surface area contributed by atoms with Crippen molar-refractivity contribution in [1.82, 2.24) is 14.9 Å². The minimum Gasteiger partial charge on any atom is -0.341 e. The smallest absolute Gasteiger partial charge is 0.266 e. The number of amides is 2. The molecule has 5 rings (SSSR count). The number of aromatic nitrogens is 2. The largest absolute Gasteiger partial charge is 0.341 e. The molecular weight excluding hydrogens is 340 g/mol. The third kappa shape index (κ3) is 2.73. The highest BCUT2D eigenvalue weighted by Crippen LogP contribution is 2.30. The number of anilines is 1. The van der Waals surface area contributed by atoms with Gasteiger partial charge in [0.05, 0.1) is 34.4 Å². The zero-order chi connectivity index (χ0) is 18.4. The number of aromatic amines is 1. The summed E-state index contributed by atoms with van der Waals surface area (Å²) in [5, 5.41) is 0. The van der Waals surface area contributed by atoms with Crippen molar-refractivity contribution in [2.24, 2.45) is 0 Å². The molecule has 6 nitrogen and oxygen atoms in total. The number of carbonyl (C=O) groups excluding carboxylic acids is 2. The van der Waals surface area contributed by atoms with Crippen LogP contribution in [0.4, 0.5) is 5.69 Å². The molecule has 0 atom stereocenters. The van der Waals surface area contributed by atoms with Crippen molar-refractivity contribution in [3.05, 3.63) is 59.4 Å². The van der Waals surface area contributed by atoms with Crippen LogP contribution in [0.3, 0.4) is 0 Å². The molecule has 0 unspecified atom stereocenters. The van der Waals surface area contributed by atoms with Crippen LogP contribution in [0.1, 0.15) is 45.8 Å². The van der Waals surface area contributed by atoms with Crippen LogP contribution in [-0.2, 0) is 6.54 Å². The minimum absolute atomic E-state index is 0.275. The van der Waals surface area contributed by atoms with E-state index in [-0.39, 0.29) is 11.8 Å². The second-order valence-electron chi connectivity index (χ2n) is 7.21. The molecule has 3 aromatic rings. The summed E-state index contributed by atoms with van der Waals surface area (Å²) in [4.78, 5) is 37.0. The average Bonchev–Trinajstić information content (AvgIpc) is 3.20. The Bertz CT molecular complexity index is 1010. The molecule has 1 aromatic heterocycles.